The molecule has 1 N–H and O–H groups in total. The number of likely N-dealkylation sites (N-methyl/N-ethyl adjacent to an activating group) is 1. The fourth-order valence-electron chi connectivity index (χ4n) is 2.39. The number of hydrogen-bond donors (Lipinski definition) is 1. The molecular formula is C17H22N2O. The van der Waals surface area contributed by atoms with E-state index in [4.69, 9.17) is 4.74 Å². The van der Waals surface area contributed by atoms with E-state index in [0.717, 1.165) is 17.9 Å². The van der Waals surface area contributed by atoms with E-state index in [0.29, 0.717) is 0 Å². The van der Waals surface area contributed by atoms with Crippen LogP contribution in [0.5, 0.6) is 5.75 Å². The Morgan fingerprint density at radius 2 is 1.90 bits per heavy atom. The summed E-state index contributed by atoms with van der Waals surface area (Å²) in [4.78, 5) is 4.48. The van der Waals surface area contributed by atoms with Gasteiger partial charge in [0.05, 0.1) is 18.8 Å². The zero-order valence-electron chi connectivity index (χ0n) is 12.6. The summed E-state index contributed by atoms with van der Waals surface area (Å²) >= 11 is 0. The summed E-state index contributed by atoms with van der Waals surface area (Å²) in [6.07, 6.45) is 2.72. The van der Waals surface area contributed by atoms with E-state index in [1.807, 2.05) is 25.4 Å². The predicted octanol–water partition coefficient (Wildman–Crippen LogP) is 3.21. The second kappa shape index (κ2) is 6.53. The lowest BCUT2D eigenvalue weighted by Gasteiger charge is -2.18. The maximum atomic E-state index is 5.46. The van der Waals surface area contributed by atoms with Crippen LogP contribution in [-0.4, -0.2) is 19.1 Å². The minimum atomic E-state index is 0.186. The van der Waals surface area contributed by atoms with Crippen LogP contribution in [-0.2, 0) is 6.42 Å². The predicted molar refractivity (Wildman–Crippen MR) is 82.2 cm³/mol. The second-order valence-corrected chi connectivity index (χ2v) is 5.12. The molecule has 0 amide bonds. The van der Waals surface area contributed by atoms with E-state index in [-0.39, 0.29) is 6.04 Å². The molecule has 2 aromatic rings. The molecule has 0 fully saturated rings. The lowest BCUT2D eigenvalue weighted by Crippen LogP contribution is -2.20. The maximum absolute atomic E-state index is 5.46. The first kappa shape index (κ1) is 14.5. The molecule has 0 saturated heterocycles. The van der Waals surface area contributed by atoms with Crippen molar-refractivity contribution < 1.29 is 4.74 Å². The Labute approximate surface area is 121 Å². The average Bonchev–Trinajstić information content (AvgIpc) is 2.45. The number of benzene rings is 1. The highest BCUT2D eigenvalue weighted by Gasteiger charge is 2.14. The molecule has 1 heterocycles. The van der Waals surface area contributed by atoms with E-state index in [2.05, 4.69) is 42.3 Å². The Kier molecular flexibility index (Phi) is 4.74. The molecule has 0 radical (unpaired) electrons. The van der Waals surface area contributed by atoms with Gasteiger partial charge in [-0.2, -0.15) is 0 Å². The van der Waals surface area contributed by atoms with Crippen molar-refractivity contribution in [1.29, 1.82) is 0 Å². The first-order valence-electron chi connectivity index (χ1n) is 6.87. The molecule has 0 bridgehead atoms. The van der Waals surface area contributed by atoms with Crippen LogP contribution >= 0.6 is 0 Å². The van der Waals surface area contributed by atoms with Gasteiger partial charge in [0.2, 0.25) is 0 Å². The Morgan fingerprint density at radius 3 is 2.55 bits per heavy atom. The summed E-state index contributed by atoms with van der Waals surface area (Å²) in [6, 6.07) is 10.6. The monoisotopic (exact) mass is 270 g/mol. The average molecular weight is 270 g/mol. The van der Waals surface area contributed by atoms with Crippen molar-refractivity contribution in [2.45, 2.75) is 26.3 Å². The number of hydrogen-bond acceptors (Lipinski definition) is 3. The van der Waals surface area contributed by atoms with Crippen molar-refractivity contribution in [2.75, 3.05) is 14.2 Å². The molecule has 0 spiro atoms. The van der Waals surface area contributed by atoms with Crippen LogP contribution in [0.25, 0.3) is 0 Å². The van der Waals surface area contributed by atoms with Crippen molar-refractivity contribution in [2.24, 2.45) is 0 Å². The fourth-order valence-corrected chi connectivity index (χ4v) is 2.39. The number of aryl methyl sites for hydroxylation is 2. The molecule has 0 aliphatic rings. The molecule has 2 rings (SSSR count). The number of nitrogens with zero attached hydrogens (tertiary/aromatic N) is 1. The molecule has 0 aliphatic heterocycles. The topological polar surface area (TPSA) is 34.1 Å². The summed E-state index contributed by atoms with van der Waals surface area (Å²) in [6.45, 7) is 4.19. The van der Waals surface area contributed by atoms with Gasteiger partial charge in [-0.1, -0.05) is 17.7 Å². The number of ether oxygens (including phenoxy) is 1. The lowest BCUT2D eigenvalue weighted by molar-refractivity contribution is 0.406. The van der Waals surface area contributed by atoms with Gasteiger partial charge in [-0.25, -0.2) is 0 Å². The molecule has 1 aromatic heterocycles. The normalized spacial score (nSPS) is 12.2. The van der Waals surface area contributed by atoms with Crippen molar-refractivity contribution in [3.63, 3.8) is 0 Å². The lowest BCUT2D eigenvalue weighted by atomic mass is 9.99. The zero-order valence-corrected chi connectivity index (χ0v) is 12.6. The molecule has 0 aliphatic carbocycles. The summed E-state index contributed by atoms with van der Waals surface area (Å²) in [5.41, 5.74) is 4.74. The second-order valence-electron chi connectivity index (χ2n) is 5.12. The summed E-state index contributed by atoms with van der Waals surface area (Å²) < 4.78 is 5.46. The fraction of sp³-hybridized carbons (Fsp3) is 0.353. The smallest absolute Gasteiger partial charge is 0.122 e. The molecule has 106 valence electrons. The molecular weight excluding hydrogens is 248 g/mol. The van der Waals surface area contributed by atoms with Crippen molar-refractivity contribution in [1.82, 2.24) is 10.3 Å². The summed E-state index contributed by atoms with van der Waals surface area (Å²) in [5.74, 6) is 0.934. The summed E-state index contributed by atoms with van der Waals surface area (Å²) in [5, 5.41) is 3.35. The van der Waals surface area contributed by atoms with Gasteiger partial charge in [0.1, 0.15) is 5.75 Å². The van der Waals surface area contributed by atoms with Gasteiger partial charge in [0.15, 0.2) is 0 Å². The molecule has 0 saturated carbocycles. The molecule has 20 heavy (non-hydrogen) atoms. The van der Waals surface area contributed by atoms with Crippen LogP contribution in [0.3, 0.4) is 0 Å². The van der Waals surface area contributed by atoms with Gasteiger partial charge in [-0.3, -0.25) is 4.98 Å². The molecule has 1 unspecified atom stereocenters. The number of pyridine rings is 1. The van der Waals surface area contributed by atoms with Crippen LogP contribution in [0.4, 0.5) is 0 Å². The van der Waals surface area contributed by atoms with Crippen molar-refractivity contribution in [3.05, 3.63) is 58.9 Å². The van der Waals surface area contributed by atoms with E-state index < -0.39 is 0 Å². The Bertz CT molecular complexity index is 581. The molecule has 3 heteroatoms. The van der Waals surface area contributed by atoms with Gasteiger partial charge in [0.25, 0.3) is 0 Å². The van der Waals surface area contributed by atoms with Crippen LogP contribution in [0.1, 0.15) is 28.4 Å². The maximum Gasteiger partial charge on any atom is 0.122 e. The number of rotatable bonds is 5. The first-order valence-corrected chi connectivity index (χ1v) is 6.87. The Balaban J connectivity index is 2.28. The van der Waals surface area contributed by atoms with Crippen molar-refractivity contribution in [3.8, 4) is 5.75 Å². The third-order valence-electron chi connectivity index (χ3n) is 3.50. The zero-order chi connectivity index (χ0) is 14.5. The van der Waals surface area contributed by atoms with E-state index in [1.54, 1.807) is 7.11 Å². The van der Waals surface area contributed by atoms with E-state index in [1.165, 1.54) is 16.7 Å². The minimum absolute atomic E-state index is 0.186. The molecule has 1 aromatic carbocycles. The number of aromatic nitrogens is 1. The van der Waals surface area contributed by atoms with Crippen LogP contribution in [0.2, 0.25) is 0 Å². The largest absolute Gasteiger partial charge is 0.496 e. The summed E-state index contributed by atoms with van der Waals surface area (Å²) in [7, 11) is 3.68. The third-order valence-corrected chi connectivity index (χ3v) is 3.50. The van der Waals surface area contributed by atoms with Crippen molar-refractivity contribution >= 4 is 0 Å². The van der Waals surface area contributed by atoms with E-state index in [9.17, 15) is 0 Å². The molecule has 3 nitrogen and oxygen atoms in total. The number of methoxy groups -OCH3 is 1. The highest BCUT2D eigenvalue weighted by atomic mass is 16.5. The van der Waals surface area contributed by atoms with Gasteiger partial charge in [-0.15, -0.1) is 0 Å². The third kappa shape index (κ3) is 3.36. The van der Waals surface area contributed by atoms with Gasteiger partial charge >= 0.3 is 0 Å². The quantitative estimate of drug-likeness (QED) is 0.906. The van der Waals surface area contributed by atoms with E-state index >= 15 is 0 Å². The standard InChI is InChI=1S/C17H22N2O/c1-12-5-6-17(20-4)14(9-12)11-15(18-3)16-10-13(2)7-8-19-16/h5-10,15,18H,11H2,1-4H3. The highest BCUT2D eigenvalue weighted by Crippen LogP contribution is 2.25. The number of nitrogens with one attached hydrogen (secondary N) is 1. The molecule has 1 atom stereocenters. The van der Waals surface area contributed by atoms with Crippen LogP contribution < -0.4 is 10.1 Å². The van der Waals surface area contributed by atoms with Gasteiger partial charge in [-0.05, 0) is 56.6 Å². The van der Waals surface area contributed by atoms with Crippen LogP contribution in [0.15, 0.2) is 36.5 Å². The van der Waals surface area contributed by atoms with Gasteiger partial charge in [0, 0.05) is 6.20 Å². The van der Waals surface area contributed by atoms with Gasteiger partial charge < -0.3 is 10.1 Å². The minimum Gasteiger partial charge on any atom is -0.496 e. The Hall–Kier alpha value is -1.87. The Morgan fingerprint density at radius 1 is 1.15 bits per heavy atom. The SMILES string of the molecule is CNC(Cc1cc(C)ccc1OC)c1cc(C)ccn1. The van der Waals surface area contributed by atoms with Crippen LogP contribution in [0, 0.1) is 13.8 Å². The highest BCUT2D eigenvalue weighted by molar-refractivity contribution is 5.38. The first-order chi connectivity index (χ1) is 9.63.